The molecule has 0 saturated carbocycles. The maximum atomic E-state index is 12.1. The molecule has 0 aliphatic carbocycles. The van der Waals surface area contributed by atoms with Crippen LogP contribution >= 0.6 is 0 Å². The lowest BCUT2D eigenvalue weighted by Crippen LogP contribution is -2.42. The number of carbonyl (C=O) groups is 1. The molecule has 0 bridgehead atoms. The molecular formula is C14H26N2O2. The van der Waals surface area contributed by atoms with Crippen molar-refractivity contribution in [2.75, 3.05) is 26.2 Å². The third-order valence-electron chi connectivity index (χ3n) is 4.08. The maximum Gasteiger partial charge on any atom is 0.225 e. The second-order valence-corrected chi connectivity index (χ2v) is 5.50. The number of likely N-dealkylation sites (tertiary alicyclic amines) is 1. The quantitative estimate of drug-likeness (QED) is 0.827. The average Bonchev–Trinajstić information content (AvgIpc) is 2.40. The van der Waals surface area contributed by atoms with Gasteiger partial charge in [-0.15, -0.1) is 0 Å². The van der Waals surface area contributed by atoms with Crippen LogP contribution in [0.1, 0.15) is 45.4 Å². The van der Waals surface area contributed by atoms with Crippen LogP contribution in [-0.4, -0.2) is 49.2 Å². The predicted molar refractivity (Wildman–Crippen MR) is 71.5 cm³/mol. The number of carbonyl (C=O) groups excluding carboxylic acids is 1. The summed E-state index contributed by atoms with van der Waals surface area (Å²) in [6, 6.07) is 0.421. The highest BCUT2D eigenvalue weighted by atomic mass is 16.5. The molecule has 4 nitrogen and oxygen atoms in total. The Morgan fingerprint density at radius 1 is 1.28 bits per heavy atom. The van der Waals surface area contributed by atoms with E-state index in [1.807, 2.05) is 4.90 Å². The summed E-state index contributed by atoms with van der Waals surface area (Å²) in [5.41, 5.74) is 0. The molecule has 2 rings (SSSR count). The van der Waals surface area contributed by atoms with Gasteiger partial charge in [0.2, 0.25) is 5.91 Å². The lowest BCUT2D eigenvalue weighted by molar-refractivity contribution is -0.136. The summed E-state index contributed by atoms with van der Waals surface area (Å²) in [5, 5.41) is 3.32. The van der Waals surface area contributed by atoms with Gasteiger partial charge in [-0.1, -0.05) is 0 Å². The van der Waals surface area contributed by atoms with Crippen LogP contribution < -0.4 is 5.32 Å². The third-order valence-corrected chi connectivity index (χ3v) is 4.08. The van der Waals surface area contributed by atoms with Gasteiger partial charge in [-0.05, 0) is 52.1 Å². The highest BCUT2D eigenvalue weighted by Gasteiger charge is 2.23. The van der Waals surface area contributed by atoms with Gasteiger partial charge in [0.15, 0.2) is 0 Å². The largest absolute Gasteiger partial charge is 0.378 e. The zero-order valence-corrected chi connectivity index (χ0v) is 11.5. The van der Waals surface area contributed by atoms with Gasteiger partial charge in [-0.2, -0.15) is 0 Å². The minimum Gasteiger partial charge on any atom is -0.378 e. The first-order chi connectivity index (χ1) is 8.77. The summed E-state index contributed by atoms with van der Waals surface area (Å²) in [6.45, 7) is 5.77. The van der Waals surface area contributed by atoms with Crippen LogP contribution in [0.15, 0.2) is 0 Å². The number of hydrogen-bond donors (Lipinski definition) is 1. The Morgan fingerprint density at radius 2 is 2.06 bits per heavy atom. The van der Waals surface area contributed by atoms with Gasteiger partial charge >= 0.3 is 0 Å². The number of nitrogens with zero attached hydrogens (tertiary/aromatic N) is 1. The van der Waals surface area contributed by atoms with Gasteiger partial charge < -0.3 is 15.0 Å². The van der Waals surface area contributed by atoms with Crippen molar-refractivity contribution in [2.24, 2.45) is 0 Å². The topological polar surface area (TPSA) is 41.6 Å². The van der Waals surface area contributed by atoms with Gasteiger partial charge in [0, 0.05) is 12.6 Å². The molecular weight excluding hydrogens is 228 g/mol. The van der Waals surface area contributed by atoms with Crippen LogP contribution in [0.2, 0.25) is 0 Å². The second-order valence-electron chi connectivity index (χ2n) is 5.50. The number of hydrogen-bond acceptors (Lipinski definition) is 3. The summed E-state index contributed by atoms with van der Waals surface area (Å²) >= 11 is 0. The third kappa shape index (κ3) is 3.95. The van der Waals surface area contributed by atoms with Gasteiger partial charge in [0.05, 0.1) is 19.1 Å². The molecule has 104 valence electrons. The summed E-state index contributed by atoms with van der Waals surface area (Å²) in [5.74, 6) is 0.274. The van der Waals surface area contributed by atoms with Crippen molar-refractivity contribution in [3.05, 3.63) is 0 Å². The SMILES string of the molecule is CC1CCCCN1C(=O)CCOC1CCNCC1. The Morgan fingerprint density at radius 3 is 2.78 bits per heavy atom. The minimum atomic E-state index is 0.274. The zero-order valence-electron chi connectivity index (χ0n) is 11.5. The van der Waals surface area contributed by atoms with Crippen LogP contribution in [0.3, 0.4) is 0 Å². The first kappa shape index (κ1) is 13.8. The van der Waals surface area contributed by atoms with Crippen molar-refractivity contribution < 1.29 is 9.53 Å². The van der Waals surface area contributed by atoms with E-state index >= 15 is 0 Å². The van der Waals surface area contributed by atoms with Crippen molar-refractivity contribution in [1.29, 1.82) is 0 Å². The van der Waals surface area contributed by atoms with Crippen LogP contribution in [0.5, 0.6) is 0 Å². The molecule has 2 aliphatic rings. The second kappa shape index (κ2) is 7.10. The van der Waals surface area contributed by atoms with Gasteiger partial charge in [-0.25, -0.2) is 0 Å². The molecule has 2 heterocycles. The summed E-state index contributed by atoms with van der Waals surface area (Å²) in [6.07, 6.45) is 6.64. The van der Waals surface area contributed by atoms with E-state index in [4.69, 9.17) is 4.74 Å². The zero-order chi connectivity index (χ0) is 12.8. The molecule has 0 aromatic heterocycles. The fourth-order valence-electron chi connectivity index (χ4n) is 2.89. The fraction of sp³-hybridized carbons (Fsp3) is 0.929. The van der Waals surface area contributed by atoms with Crippen molar-refractivity contribution in [3.63, 3.8) is 0 Å². The first-order valence-corrected chi connectivity index (χ1v) is 7.39. The Balaban J connectivity index is 1.64. The highest BCUT2D eigenvalue weighted by Crippen LogP contribution is 2.17. The predicted octanol–water partition coefficient (Wildman–Crippen LogP) is 1.55. The average molecular weight is 254 g/mol. The Bertz CT molecular complexity index is 265. The van der Waals surface area contributed by atoms with Crippen molar-refractivity contribution >= 4 is 5.91 Å². The smallest absolute Gasteiger partial charge is 0.225 e. The Labute approximate surface area is 110 Å². The molecule has 0 aromatic rings. The van der Waals surface area contributed by atoms with Crippen molar-refractivity contribution in [3.8, 4) is 0 Å². The number of rotatable bonds is 4. The number of nitrogens with one attached hydrogen (secondary N) is 1. The van der Waals surface area contributed by atoms with Gasteiger partial charge in [-0.3, -0.25) is 4.79 Å². The van der Waals surface area contributed by atoms with Crippen molar-refractivity contribution in [2.45, 2.75) is 57.6 Å². The standard InChI is InChI=1S/C14H26N2O2/c1-12-4-2-3-10-16(12)14(17)7-11-18-13-5-8-15-9-6-13/h12-13,15H,2-11H2,1H3. The molecule has 4 heteroatoms. The Kier molecular flexibility index (Phi) is 5.45. The molecule has 1 N–H and O–H groups in total. The van der Waals surface area contributed by atoms with E-state index in [0.717, 1.165) is 45.3 Å². The number of amides is 1. The van der Waals surface area contributed by atoms with E-state index in [1.165, 1.54) is 6.42 Å². The van der Waals surface area contributed by atoms with Crippen LogP contribution in [0.4, 0.5) is 0 Å². The van der Waals surface area contributed by atoms with Gasteiger partial charge in [0.25, 0.3) is 0 Å². The molecule has 1 atom stereocenters. The molecule has 1 unspecified atom stereocenters. The van der Waals surface area contributed by atoms with Crippen molar-refractivity contribution in [1.82, 2.24) is 10.2 Å². The van der Waals surface area contributed by atoms with E-state index in [9.17, 15) is 4.79 Å². The van der Waals surface area contributed by atoms with Crippen LogP contribution in [-0.2, 0) is 9.53 Å². The molecule has 0 radical (unpaired) electrons. The normalized spacial score (nSPS) is 26.3. The van der Waals surface area contributed by atoms with E-state index in [-0.39, 0.29) is 5.91 Å². The molecule has 18 heavy (non-hydrogen) atoms. The lowest BCUT2D eigenvalue weighted by atomic mass is 10.0. The van der Waals surface area contributed by atoms with E-state index in [1.54, 1.807) is 0 Å². The summed E-state index contributed by atoms with van der Waals surface area (Å²) < 4.78 is 5.79. The maximum absolute atomic E-state index is 12.1. The molecule has 2 aliphatic heterocycles. The highest BCUT2D eigenvalue weighted by molar-refractivity contribution is 5.76. The number of piperidine rings is 2. The minimum absolute atomic E-state index is 0.274. The molecule has 2 fully saturated rings. The molecule has 1 amide bonds. The Hall–Kier alpha value is -0.610. The first-order valence-electron chi connectivity index (χ1n) is 7.39. The van der Waals surface area contributed by atoms with E-state index in [2.05, 4.69) is 12.2 Å². The monoisotopic (exact) mass is 254 g/mol. The van der Waals surface area contributed by atoms with Gasteiger partial charge in [0.1, 0.15) is 0 Å². The summed E-state index contributed by atoms with van der Waals surface area (Å²) in [4.78, 5) is 14.1. The summed E-state index contributed by atoms with van der Waals surface area (Å²) in [7, 11) is 0. The fourth-order valence-corrected chi connectivity index (χ4v) is 2.89. The molecule has 0 aromatic carbocycles. The lowest BCUT2D eigenvalue weighted by Gasteiger charge is -2.33. The van der Waals surface area contributed by atoms with E-state index in [0.29, 0.717) is 25.2 Å². The van der Waals surface area contributed by atoms with Crippen LogP contribution in [0, 0.1) is 0 Å². The number of ether oxygens (including phenoxy) is 1. The van der Waals surface area contributed by atoms with E-state index < -0.39 is 0 Å². The molecule has 2 saturated heterocycles. The molecule has 0 spiro atoms. The van der Waals surface area contributed by atoms with Crippen LogP contribution in [0.25, 0.3) is 0 Å².